The van der Waals surface area contributed by atoms with Gasteiger partial charge in [-0.15, -0.1) is 0 Å². The van der Waals surface area contributed by atoms with Crippen LogP contribution >= 0.6 is 0 Å². The van der Waals surface area contributed by atoms with Gasteiger partial charge in [-0.05, 0) is 17.9 Å². The van der Waals surface area contributed by atoms with E-state index in [9.17, 15) is 20.4 Å². The van der Waals surface area contributed by atoms with Gasteiger partial charge in [0.05, 0.1) is 6.10 Å². The van der Waals surface area contributed by atoms with Gasteiger partial charge in [0.1, 0.15) is 30.2 Å². The molecular formula is C17H34O7Si. The minimum absolute atomic E-state index is 0.133. The number of aliphatic hydroxyl groups excluding tert-OH is 2. The largest absolute Gasteiger partial charge is 0.390 e. The van der Waals surface area contributed by atoms with Gasteiger partial charge in [0.25, 0.3) is 0 Å². The van der Waals surface area contributed by atoms with Gasteiger partial charge in [0.2, 0.25) is 0 Å². The van der Waals surface area contributed by atoms with E-state index in [1.54, 1.807) is 13.8 Å². The maximum atomic E-state index is 11.5. The molecule has 2 fully saturated rings. The van der Waals surface area contributed by atoms with Crippen LogP contribution in [0.2, 0.25) is 5.04 Å². The Labute approximate surface area is 152 Å². The summed E-state index contributed by atoms with van der Waals surface area (Å²) >= 11 is 0. The lowest BCUT2D eigenvalue weighted by Gasteiger charge is -2.70. The molecule has 0 aromatic carbocycles. The fourth-order valence-corrected chi connectivity index (χ4v) is 4.58. The minimum Gasteiger partial charge on any atom is -0.390 e. The van der Waals surface area contributed by atoms with Crippen LogP contribution in [-0.4, -0.2) is 79.9 Å². The van der Waals surface area contributed by atoms with Crippen molar-refractivity contribution in [1.29, 1.82) is 0 Å². The van der Waals surface area contributed by atoms with Crippen molar-refractivity contribution in [2.24, 2.45) is 11.3 Å². The molecule has 0 radical (unpaired) electrons. The normalized spacial score (nSPS) is 44.9. The molecule has 0 amide bonds. The monoisotopic (exact) mass is 378 g/mol. The molecule has 0 aromatic rings. The first-order valence-electron chi connectivity index (χ1n) is 8.93. The third-order valence-corrected chi connectivity index (χ3v) is 7.36. The number of fused-ring (bicyclic) bond motifs is 1. The van der Waals surface area contributed by atoms with Gasteiger partial charge in [-0.1, -0.05) is 34.6 Å². The summed E-state index contributed by atoms with van der Waals surface area (Å²) in [6.07, 6.45) is -4.76. The average molecular weight is 379 g/mol. The standard InChI is InChI=1S/C17H34O7Si/c1-7-22-8-23-12-16(20,9(2)15(5,6)25)13(19)24-11-10(18)14(3,4)17(11,12)21/h9-13,18-21H,7-8H2,1-6,25H3/t9?,10?,11-,12-,13-,16-,17-/m1/s1. The topological polar surface area (TPSA) is 109 Å². The zero-order valence-corrected chi connectivity index (χ0v) is 18.3. The smallest absolute Gasteiger partial charge is 0.187 e. The molecule has 4 N–H and O–H groups in total. The fraction of sp³-hybridized carbons (Fsp3) is 1.00. The molecule has 2 rings (SSSR count). The van der Waals surface area contributed by atoms with Crippen molar-refractivity contribution in [1.82, 2.24) is 0 Å². The Kier molecular flexibility index (Phi) is 5.54. The van der Waals surface area contributed by atoms with Crippen molar-refractivity contribution < 1.29 is 34.6 Å². The predicted octanol–water partition coefficient (Wildman–Crippen LogP) is -0.854. The van der Waals surface area contributed by atoms with Crippen molar-refractivity contribution in [3.63, 3.8) is 0 Å². The minimum atomic E-state index is -1.84. The van der Waals surface area contributed by atoms with Crippen molar-refractivity contribution in [3.05, 3.63) is 0 Å². The lowest BCUT2D eigenvalue weighted by molar-refractivity contribution is -0.454. The second-order valence-electron chi connectivity index (χ2n) is 9.03. The first kappa shape index (κ1) is 21.2. The molecule has 1 saturated heterocycles. The first-order chi connectivity index (χ1) is 11.3. The second-order valence-corrected chi connectivity index (χ2v) is 11.6. The van der Waals surface area contributed by atoms with Gasteiger partial charge in [-0.2, -0.15) is 0 Å². The third kappa shape index (κ3) is 2.82. The molecule has 1 saturated carbocycles. The van der Waals surface area contributed by atoms with Crippen molar-refractivity contribution in [2.45, 2.75) is 82.4 Å². The van der Waals surface area contributed by atoms with Gasteiger partial charge < -0.3 is 34.6 Å². The van der Waals surface area contributed by atoms with E-state index in [0.717, 1.165) is 10.2 Å². The van der Waals surface area contributed by atoms with Gasteiger partial charge in [0, 0.05) is 22.3 Å². The summed E-state index contributed by atoms with van der Waals surface area (Å²) in [6, 6.07) is 0. The lowest BCUT2D eigenvalue weighted by atomic mass is 9.48. The fourth-order valence-electron chi connectivity index (χ4n) is 4.12. The molecule has 0 bridgehead atoms. The molecule has 7 nitrogen and oxygen atoms in total. The summed E-state index contributed by atoms with van der Waals surface area (Å²) < 4.78 is 16.6. The van der Waals surface area contributed by atoms with E-state index in [2.05, 4.69) is 0 Å². The van der Waals surface area contributed by atoms with Crippen LogP contribution in [0.1, 0.15) is 41.5 Å². The molecule has 7 atom stereocenters. The van der Waals surface area contributed by atoms with Gasteiger partial charge in [0.15, 0.2) is 6.29 Å². The van der Waals surface area contributed by atoms with E-state index < -0.39 is 47.1 Å². The Bertz CT molecular complexity index is 494. The number of rotatable bonds is 6. The van der Waals surface area contributed by atoms with E-state index in [1.165, 1.54) is 0 Å². The van der Waals surface area contributed by atoms with Crippen molar-refractivity contribution in [3.8, 4) is 0 Å². The van der Waals surface area contributed by atoms with Crippen LogP contribution in [-0.2, 0) is 14.2 Å². The van der Waals surface area contributed by atoms with Gasteiger partial charge in [-0.3, -0.25) is 0 Å². The Morgan fingerprint density at radius 3 is 2.28 bits per heavy atom. The lowest BCUT2D eigenvalue weighted by Crippen LogP contribution is -2.88. The predicted molar refractivity (Wildman–Crippen MR) is 95.1 cm³/mol. The molecular weight excluding hydrogens is 344 g/mol. The number of hydrogen-bond donors (Lipinski definition) is 4. The molecule has 1 aliphatic heterocycles. The maximum absolute atomic E-state index is 11.5. The summed E-state index contributed by atoms with van der Waals surface area (Å²) in [6.45, 7) is 11.3. The molecule has 8 heteroatoms. The molecule has 2 unspecified atom stereocenters. The van der Waals surface area contributed by atoms with E-state index in [-0.39, 0.29) is 11.8 Å². The highest BCUT2D eigenvalue weighted by atomic mass is 28.1. The Hall–Kier alpha value is -0.0631. The molecule has 1 heterocycles. The van der Waals surface area contributed by atoms with Crippen LogP contribution in [0.15, 0.2) is 0 Å². The molecule has 1 aliphatic carbocycles. The molecule has 0 aromatic heterocycles. The summed E-state index contributed by atoms with van der Waals surface area (Å²) in [4.78, 5) is 0. The van der Waals surface area contributed by atoms with Crippen LogP contribution < -0.4 is 0 Å². The summed E-state index contributed by atoms with van der Waals surface area (Å²) in [5, 5.41) is 43.7. The second kappa shape index (κ2) is 6.52. The maximum Gasteiger partial charge on any atom is 0.187 e. The molecule has 0 spiro atoms. The van der Waals surface area contributed by atoms with Crippen molar-refractivity contribution >= 4 is 10.2 Å². The first-order valence-corrected chi connectivity index (χ1v) is 9.93. The zero-order valence-electron chi connectivity index (χ0n) is 16.3. The SMILES string of the molecule is CCOCO[C@@H]1[C@](O)(C(C)C(C)(C)[SiH3])[C@H](O)O[C@@H]2C(O)C(C)(C)[C@@]21O. The van der Waals surface area contributed by atoms with Crippen LogP contribution in [0.25, 0.3) is 0 Å². The highest BCUT2D eigenvalue weighted by Crippen LogP contribution is 2.61. The van der Waals surface area contributed by atoms with E-state index in [1.807, 2.05) is 27.7 Å². The van der Waals surface area contributed by atoms with Crippen LogP contribution in [0.3, 0.4) is 0 Å². The summed E-state index contributed by atoms with van der Waals surface area (Å²) in [5.74, 6) is -0.424. The van der Waals surface area contributed by atoms with Crippen LogP contribution in [0, 0.1) is 11.3 Å². The third-order valence-electron chi connectivity index (χ3n) is 6.50. The number of ether oxygens (including phenoxy) is 3. The van der Waals surface area contributed by atoms with Gasteiger partial charge >= 0.3 is 0 Å². The quantitative estimate of drug-likeness (QED) is 0.271. The molecule has 148 valence electrons. The number of hydrogen-bond acceptors (Lipinski definition) is 7. The van der Waals surface area contributed by atoms with Crippen molar-refractivity contribution in [2.75, 3.05) is 13.4 Å². The highest BCUT2D eigenvalue weighted by molar-refractivity contribution is 6.14. The molecule has 2 aliphatic rings. The summed E-state index contributed by atoms with van der Waals surface area (Å²) in [7, 11) is 0.753. The van der Waals surface area contributed by atoms with E-state index >= 15 is 0 Å². The molecule has 25 heavy (non-hydrogen) atoms. The Morgan fingerprint density at radius 2 is 1.80 bits per heavy atom. The Balaban J connectivity index is 2.49. The van der Waals surface area contributed by atoms with Crippen LogP contribution in [0.4, 0.5) is 0 Å². The van der Waals surface area contributed by atoms with Gasteiger partial charge in [-0.25, -0.2) is 0 Å². The number of aliphatic hydroxyl groups is 4. The average Bonchev–Trinajstić information content (AvgIpc) is 2.51. The van der Waals surface area contributed by atoms with Crippen LogP contribution in [0.5, 0.6) is 0 Å². The van der Waals surface area contributed by atoms with E-state index in [4.69, 9.17) is 14.2 Å². The highest BCUT2D eigenvalue weighted by Gasteiger charge is 2.79. The Morgan fingerprint density at radius 1 is 1.24 bits per heavy atom. The van der Waals surface area contributed by atoms with E-state index in [0.29, 0.717) is 6.61 Å². The zero-order chi connectivity index (χ0) is 19.4. The summed E-state index contributed by atoms with van der Waals surface area (Å²) in [5.41, 5.74) is -4.47.